The second-order valence-electron chi connectivity index (χ2n) is 1.48. The molecular weight excluding hydrogens is 116 g/mol. The van der Waals surface area contributed by atoms with Crippen molar-refractivity contribution in [2.24, 2.45) is 0 Å². The molecular formula is C6H8N2O. The molecule has 1 rings (SSSR count). The zero-order chi connectivity index (χ0) is 6.53. The van der Waals surface area contributed by atoms with E-state index in [2.05, 4.69) is 9.97 Å². The Kier molecular flexibility index (Phi) is 2.01. The van der Waals surface area contributed by atoms with Gasteiger partial charge in [0.15, 0.2) is 0 Å². The predicted molar refractivity (Wildman–Crippen MR) is 33.2 cm³/mol. The minimum absolute atomic E-state index is 0.632. The lowest BCUT2D eigenvalue weighted by molar-refractivity contribution is 0.326. The molecule has 0 unspecified atom stereocenters. The van der Waals surface area contributed by atoms with E-state index in [1.54, 1.807) is 12.3 Å². The molecule has 0 saturated carbocycles. The second kappa shape index (κ2) is 3.02. The summed E-state index contributed by atoms with van der Waals surface area (Å²) in [5, 5.41) is 0. The monoisotopic (exact) mass is 124 g/mol. The molecule has 0 aliphatic carbocycles. The summed E-state index contributed by atoms with van der Waals surface area (Å²) in [5.74, 6) is 0.632. The van der Waals surface area contributed by atoms with Crippen LogP contribution in [-0.2, 0) is 0 Å². The van der Waals surface area contributed by atoms with Crippen LogP contribution >= 0.6 is 0 Å². The Morgan fingerprint density at radius 2 is 2.56 bits per heavy atom. The Balaban J connectivity index is 2.61. The summed E-state index contributed by atoms with van der Waals surface area (Å²) >= 11 is 0. The van der Waals surface area contributed by atoms with Crippen molar-refractivity contribution in [3.05, 3.63) is 18.6 Å². The topological polar surface area (TPSA) is 35.0 Å². The smallest absolute Gasteiger partial charge is 0.216 e. The van der Waals surface area contributed by atoms with Crippen LogP contribution in [0.25, 0.3) is 0 Å². The van der Waals surface area contributed by atoms with Gasteiger partial charge in [-0.2, -0.15) is 0 Å². The van der Waals surface area contributed by atoms with Crippen molar-refractivity contribution in [3.63, 3.8) is 0 Å². The first-order valence-electron chi connectivity index (χ1n) is 2.82. The average molecular weight is 124 g/mol. The molecule has 0 radical (unpaired) electrons. The second-order valence-corrected chi connectivity index (χ2v) is 1.48. The van der Waals surface area contributed by atoms with Crippen LogP contribution in [0.2, 0.25) is 0 Å². The molecule has 48 valence electrons. The van der Waals surface area contributed by atoms with Gasteiger partial charge in [0, 0.05) is 12.3 Å². The van der Waals surface area contributed by atoms with E-state index >= 15 is 0 Å². The molecule has 1 heterocycles. The lowest BCUT2D eigenvalue weighted by Crippen LogP contribution is -1.93. The van der Waals surface area contributed by atoms with Crippen molar-refractivity contribution in [1.29, 1.82) is 0 Å². The molecule has 0 fully saturated rings. The summed E-state index contributed by atoms with van der Waals surface area (Å²) < 4.78 is 5.05. The standard InChI is InChI=1S/C6H8N2O/c1-2-9-6-3-4-7-5-8-6/h3-5H,2H2,1H3. The summed E-state index contributed by atoms with van der Waals surface area (Å²) in [6, 6.07) is 1.73. The first-order chi connectivity index (χ1) is 4.43. The highest BCUT2D eigenvalue weighted by Crippen LogP contribution is 1.99. The van der Waals surface area contributed by atoms with Gasteiger partial charge in [-0.15, -0.1) is 0 Å². The molecule has 1 aromatic rings. The van der Waals surface area contributed by atoms with E-state index in [1.807, 2.05) is 6.92 Å². The molecule has 0 aliphatic rings. The predicted octanol–water partition coefficient (Wildman–Crippen LogP) is 0.875. The van der Waals surface area contributed by atoms with E-state index in [0.29, 0.717) is 12.5 Å². The highest BCUT2D eigenvalue weighted by atomic mass is 16.5. The molecule has 3 heteroatoms. The van der Waals surface area contributed by atoms with Crippen molar-refractivity contribution in [2.75, 3.05) is 6.61 Å². The number of hydrogen-bond donors (Lipinski definition) is 0. The van der Waals surface area contributed by atoms with E-state index in [-0.39, 0.29) is 0 Å². The van der Waals surface area contributed by atoms with E-state index in [1.165, 1.54) is 6.33 Å². The van der Waals surface area contributed by atoms with Crippen molar-refractivity contribution < 1.29 is 4.74 Å². The Hall–Kier alpha value is -1.12. The Labute approximate surface area is 53.7 Å². The van der Waals surface area contributed by atoms with Crippen LogP contribution < -0.4 is 4.74 Å². The van der Waals surface area contributed by atoms with Crippen LogP contribution in [0.5, 0.6) is 5.88 Å². The summed E-state index contributed by atoms with van der Waals surface area (Å²) in [5.41, 5.74) is 0. The number of rotatable bonds is 2. The van der Waals surface area contributed by atoms with Crippen molar-refractivity contribution in [2.45, 2.75) is 6.92 Å². The van der Waals surface area contributed by atoms with Gasteiger partial charge >= 0.3 is 0 Å². The van der Waals surface area contributed by atoms with Gasteiger partial charge in [-0.1, -0.05) is 0 Å². The quantitative estimate of drug-likeness (QED) is 0.587. The third-order valence-electron chi connectivity index (χ3n) is 0.847. The fourth-order valence-corrected chi connectivity index (χ4v) is 0.512. The van der Waals surface area contributed by atoms with Gasteiger partial charge in [-0.3, -0.25) is 0 Å². The lowest BCUT2D eigenvalue weighted by Gasteiger charge is -1.97. The Morgan fingerprint density at radius 1 is 1.67 bits per heavy atom. The van der Waals surface area contributed by atoms with Crippen molar-refractivity contribution in [1.82, 2.24) is 9.97 Å². The van der Waals surface area contributed by atoms with E-state index in [9.17, 15) is 0 Å². The molecule has 0 spiro atoms. The lowest BCUT2D eigenvalue weighted by atomic mass is 10.6. The highest BCUT2D eigenvalue weighted by molar-refractivity contribution is 5.03. The molecule has 0 aromatic carbocycles. The molecule has 0 aliphatic heterocycles. The van der Waals surface area contributed by atoms with Crippen LogP contribution in [-0.4, -0.2) is 16.6 Å². The maximum atomic E-state index is 5.05. The highest BCUT2D eigenvalue weighted by Gasteiger charge is 1.86. The zero-order valence-corrected chi connectivity index (χ0v) is 5.24. The maximum Gasteiger partial charge on any atom is 0.216 e. The van der Waals surface area contributed by atoms with E-state index < -0.39 is 0 Å². The molecule has 9 heavy (non-hydrogen) atoms. The van der Waals surface area contributed by atoms with Crippen LogP contribution in [0.1, 0.15) is 6.92 Å². The summed E-state index contributed by atoms with van der Waals surface area (Å²) in [6.07, 6.45) is 3.11. The van der Waals surface area contributed by atoms with Crippen LogP contribution in [0, 0.1) is 0 Å². The SMILES string of the molecule is CCOc1ccncn1. The van der Waals surface area contributed by atoms with E-state index in [0.717, 1.165) is 0 Å². The van der Waals surface area contributed by atoms with Gasteiger partial charge in [0.05, 0.1) is 6.61 Å². The molecule has 0 atom stereocenters. The van der Waals surface area contributed by atoms with Gasteiger partial charge in [-0.05, 0) is 6.92 Å². The van der Waals surface area contributed by atoms with Gasteiger partial charge in [0.1, 0.15) is 6.33 Å². The first kappa shape index (κ1) is 6.01. The Morgan fingerprint density at radius 3 is 3.11 bits per heavy atom. The molecule has 0 amide bonds. The normalized spacial score (nSPS) is 9.00. The van der Waals surface area contributed by atoms with Crippen molar-refractivity contribution >= 4 is 0 Å². The molecule has 0 N–H and O–H groups in total. The zero-order valence-electron chi connectivity index (χ0n) is 5.24. The number of hydrogen-bond acceptors (Lipinski definition) is 3. The van der Waals surface area contributed by atoms with Crippen LogP contribution in [0.4, 0.5) is 0 Å². The average Bonchev–Trinajstić information content (AvgIpc) is 1.91. The third-order valence-corrected chi connectivity index (χ3v) is 0.847. The number of ether oxygens (including phenoxy) is 1. The maximum absolute atomic E-state index is 5.05. The van der Waals surface area contributed by atoms with Crippen LogP contribution in [0.15, 0.2) is 18.6 Å². The van der Waals surface area contributed by atoms with Gasteiger partial charge in [0.25, 0.3) is 0 Å². The molecule has 3 nitrogen and oxygen atoms in total. The fourth-order valence-electron chi connectivity index (χ4n) is 0.512. The van der Waals surface area contributed by atoms with E-state index in [4.69, 9.17) is 4.74 Å². The molecule has 0 bridgehead atoms. The Bertz CT molecular complexity index is 164. The molecule has 1 aromatic heterocycles. The third kappa shape index (κ3) is 1.68. The number of aromatic nitrogens is 2. The fraction of sp³-hybridized carbons (Fsp3) is 0.333. The first-order valence-corrected chi connectivity index (χ1v) is 2.82. The largest absolute Gasteiger partial charge is 0.478 e. The van der Waals surface area contributed by atoms with Gasteiger partial charge in [0.2, 0.25) is 5.88 Å². The van der Waals surface area contributed by atoms with Crippen molar-refractivity contribution in [3.8, 4) is 5.88 Å². The molecule has 0 saturated heterocycles. The minimum atomic E-state index is 0.632. The minimum Gasteiger partial charge on any atom is -0.478 e. The van der Waals surface area contributed by atoms with Crippen LogP contribution in [0.3, 0.4) is 0 Å². The summed E-state index contributed by atoms with van der Waals surface area (Å²) in [6.45, 7) is 2.57. The van der Waals surface area contributed by atoms with Gasteiger partial charge in [-0.25, -0.2) is 9.97 Å². The summed E-state index contributed by atoms with van der Waals surface area (Å²) in [7, 11) is 0. The number of nitrogens with zero attached hydrogens (tertiary/aromatic N) is 2. The summed E-state index contributed by atoms with van der Waals surface area (Å²) in [4.78, 5) is 7.57. The van der Waals surface area contributed by atoms with Gasteiger partial charge < -0.3 is 4.74 Å².